The number of rotatable bonds is 2. The van der Waals surface area contributed by atoms with Crippen LogP contribution >= 0.6 is 0 Å². The lowest BCUT2D eigenvalue weighted by molar-refractivity contribution is 0.102. The van der Waals surface area contributed by atoms with Crippen molar-refractivity contribution < 1.29 is 4.79 Å². The number of hydrogen-bond donors (Lipinski definition) is 1. The maximum atomic E-state index is 12.4. The molecule has 20 heavy (non-hydrogen) atoms. The first-order valence-corrected chi connectivity index (χ1v) is 6.47. The van der Waals surface area contributed by atoms with Crippen molar-refractivity contribution in [2.75, 3.05) is 5.32 Å². The zero-order valence-corrected chi connectivity index (χ0v) is 11.4. The third-order valence-electron chi connectivity index (χ3n) is 3.23. The van der Waals surface area contributed by atoms with Crippen molar-refractivity contribution in [1.29, 1.82) is 0 Å². The predicted molar refractivity (Wildman–Crippen MR) is 79.1 cm³/mol. The van der Waals surface area contributed by atoms with Crippen LogP contribution in [0.1, 0.15) is 21.7 Å². The molecule has 2 aromatic heterocycles. The van der Waals surface area contributed by atoms with Gasteiger partial charge in [-0.3, -0.25) is 9.20 Å². The van der Waals surface area contributed by atoms with Crippen LogP contribution in [0.5, 0.6) is 0 Å². The van der Waals surface area contributed by atoms with Gasteiger partial charge in [-0.25, -0.2) is 4.98 Å². The monoisotopic (exact) mass is 265 g/mol. The Morgan fingerprint density at radius 3 is 2.60 bits per heavy atom. The Kier molecular flexibility index (Phi) is 2.99. The number of nitrogens with zero attached hydrogens (tertiary/aromatic N) is 2. The van der Waals surface area contributed by atoms with Crippen molar-refractivity contribution >= 4 is 17.2 Å². The summed E-state index contributed by atoms with van der Waals surface area (Å²) in [5, 5.41) is 2.90. The molecule has 0 atom stereocenters. The summed E-state index contributed by atoms with van der Waals surface area (Å²) in [4.78, 5) is 16.8. The van der Waals surface area contributed by atoms with E-state index in [1.807, 2.05) is 62.5 Å². The van der Waals surface area contributed by atoms with Gasteiger partial charge in [0.25, 0.3) is 5.91 Å². The van der Waals surface area contributed by atoms with E-state index in [1.54, 1.807) is 4.40 Å². The summed E-state index contributed by atoms with van der Waals surface area (Å²) in [6.45, 7) is 3.86. The molecular formula is C16H15N3O. The third kappa shape index (κ3) is 2.16. The molecule has 1 aromatic carbocycles. The Hall–Kier alpha value is -2.62. The van der Waals surface area contributed by atoms with Gasteiger partial charge >= 0.3 is 0 Å². The van der Waals surface area contributed by atoms with Gasteiger partial charge in [-0.1, -0.05) is 23.8 Å². The van der Waals surface area contributed by atoms with Crippen LogP contribution in [0, 0.1) is 13.8 Å². The average molecular weight is 265 g/mol. The number of aromatic nitrogens is 2. The third-order valence-corrected chi connectivity index (χ3v) is 3.23. The van der Waals surface area contributed by atoms with Crippen LogP contribution in [0.25, 0.3) is 5.65 Å². The Bertz CT molecular complexity index is 772. The lowest BCUT2D eigenvalue weighted by atomic mass is 10.2. The van der Waals surface area contributed by atoms with Gasteiger partial charge in [0.15, 0.2) is 0 Å². The van der Waals surface area contributed by atoms with Crippen molar-refractivity contribution in [2.45, 2.75) is 13.8 Å². The zero-order chi connectivity index (χ0) is 14.1. The molecule has 100 valence electrons. The fourth-order valence-corrected chi connectivity index (χ4v) is 2.21. The van der Waals surface area contributed by atoms with Gasteiger partial charge in [0.2, 0.25) is 0 Å². The van der Waals surface area contributed by atoms with Gasteiger partial charge in [0.05, 0.1) is 5.69 Å². The van der Waals surface area contributed by atoms with E-state index in [1.165, 1.54) is 0 Å². The zero-order valence-electron chi connectivity index (χ0n) is 11.4. The number of aryl methyl sites for hydroxylation is 2. The molecule has 0 bridgehead atoms. The van der Waals surface area contributed by atoms with Crippen molar-refractivity contribution in [1.82, 2.24) is 9.38 Å². The molecule has 0 fully saturated rings. The molecule has 1 amide bonds. The number of benzene rings is 1. The first-order valence-electron chi connectivity index (χ1n) is 6.47. The number of pyridine rings is 1. The molecule has 1 N–H and O–H groups in total. The van der Waals surface area contributed by atoms with Crippen LogP contribution in [0.3, 0.4) is 0 Å². The molecule has 0 unspecified atom stereocenters. The van der Waals surface area contributed by atoms with E-state index in [4.69, 9.17) is 0 Å². The van der Waals surface area contributed by atoms with Crippen molar-refractivity contribution in [3.8, 4) is 0 Å². The maximum Gasteiger partial charge on any atom is 0.274 e. The van der Waals surface area contributed by atoms with Crippen molar-refractivity contribution in [3.05, 3.63) is 65.6 Å². The molecular weight excluding hydrogens is 250 g/mol. The van der Waals surface area contributed by atoms with E-state index < -0.39 is 0 Å². The summed E-state index contributed by atoms with van der Waals surface area (Å²) in [7, 11) is 0. The molecule has 0 saturated carbocycles. The largest absolute Gasteiger partial charge is 0.321 e. The Morgan fingerprint density at radius 1 is 1.10 bits per heavy atom. The highest BCUT2D eigenvalue weighted by molar-refractivity contribution is 6.04. The number of fused-ring (bicyclic) bond motifs is 1. The number of carbonyl (C=O) groups excluding carboxylic acids is 1. The average Bonchev–Trinajstić information content (AvgIpc) is 2.77. The van der Waals surface area contributed by atoms with Crippen LogP contribution in [0.2, 0.25) is 0 Å². The van der Waals surface area contributed by atoms with Gasteiger partial charge in [-0.2, -0.15) is 0 Å². The molecule has 0 spiro atoms. The molecule has 0 radical (unpaired) electrons. The smallest absolute Gasteiger partial charge is 0.274 e. The highest BCUT2D eigenvalue weighted by atomic mass is 16.2. The summed E-state index contributed by atoms with van der Waals surface area (Å²) in [5.41, 5.74) is 4.01. The fraction of sp³-hybridized carbons (Fsp3) is 0.125. The molecule has 4 nitrogen and oxygen atoms in total. The predicted octanol–water partition coefficient (Wildman–Crippen LogP) is 3.20. The standard InChI is InChI=1S/C16H15N3O/c1-11-6-8-13(9-7-11)18-16(20)15-12(2)17-14-5-3-4-10-19(14)15/h3-10H,1-2H3,(H,18,20). The Morgan fingerprint density at radius 2 is 1.85 bits per heavy atom. The SMILES string of the molecule is Cc1ccc(NC(=O)c2c(C)nc3ccccn23)cc1. The lowest BCUT2D eigenvalue weighted by Crippen LogP contribution is -2.15. The normalized spacial score (nSPS) is 10.7. The first-order chi connectivity index (χ1) is 9.65. The summed E-state index contributed by atoms with van der Waals surface area (Å²) >= 11 is 0. The maximum absolute atomic E-state index is 12.4. The number of nitrogens with one attached hydrogen (secondary N) is 1. The first kappa shape index (κ1) is 12.4. The van der Waals surface area contributed by atoms with E-state index in [0.717, 1.165) is 22.6 Å². The number of anilines is 1. The van der Waals surface area contributed by atoms with Crippen LogP contribution < -0.4 is 5.32 Å². The molecule has 0 aliphatic heterocycles. The van der Waals surface area contributed by atoms with Gasteiger partial charge in [0.1, 0.15) is 11.3 Å². The Balaban J connectivity index is 1.96. The van der Waals surface area contributed by atoms with Crippen molar-refractivity contribution in [3.63, 3.8) is 0 Å². The van der Waals surface area contributed by atoms with Crippen LogP contribution in [-0.4, -0.2) is 15.3 Å². The van der Waals surface area contributed by atoms with E-state index in [0.29, 0.717) is 5.69 Å². The summed E-state index contributed by atoms with van der Waals surface area (Å²) < 4.78 is 1.80. The Labute approximate surface area is 117 Å². The second-order valence-electron chi connectivity index (χ2n) is 4.79. The minimum Gasteiger partial charge on any atom is -0.321 e. The number of hydrogen-bond acceptors (Lipinski definition) is 2. The molecule has 4 heteroatoms. The molecule has 0 saturated heterocycles. The van der Waals surface area contributed by atoms with E-state index in [9.17, 15) is 4.79 Å². The number of imidazole rings is 1. The quantitative estimate of drug-likeness (QED) is 0.773. The summed E-state index contributed by atoms with van der Waals surface area (Å²) in [5.74, 6) is -0.148. The highest BCUT2D eigenvalue weighted by Crippen LogP contribution is 2.15. The number of amides is 1. The minimum absolute atomic E-state index is 0.148. The van der Waals surface area contributed by atoms with Gasteiger partial charge in [0, 0.05) is 11.9 Å². The second-order valence-corrected chi connectivity index (χ2v) is 4.79. The molecule has 3 rings (SSSR count). The van der Waals surface area contributed by atoms with E-state index in [-0.39, 0.29) is 5.91 Å². The van der Waals surface area contributed by atoms with Crippen LogP contribution in [-0.2, 0) is 0 Å². The molecule has 0 aliphatic rings. The summed E-state index contributed by atoms with van der Waals surface area (Å²) in [6, 6.07) is 13.4. The van der Waals surface area contributed by atoms with Gasteiger partial charge in [-0.15, -0.1) is 0 Å². The lowest BCUT2D eigenvalue weighted by Gasteiger charge is -2.06. The molecule has 3 aromatic rings. The van der Waals surface area contributed by atoms with Crippen LogP contribution in [0.4, 0.5) is 5.69 Å². The second kappa shape index (κ2) is 4.81. The van der Waals surface area contributed by atoms with Crippen molar-refractivity contribution in [2.24, 2.45) is 0 Å². The van der Waals surface area contributed by atoms with E-state index >= 15 is 0 Å². The topological polar surface area (TPSA) is 46.4 Å². The fourth-order valence-electron chi connectivity index (χ4n) is 2.21. The number of carbonyl (C=O) groups is 1. The minimum atomic E-state index is -0.148. The van der Waals surface area contributed by atoms with Gasteiger partial charge in [-0.05, 0) is 38.1 Å². The molecule has 0 aliphatic carbocycles. The highest BCUT2D eigenvalue weighted by Gasteiger charge is 2.16. The van der Waals surface area contributed by atoms with E-state index in [2.05, 4.69) is 10.3 Å². The van der Waals surface area contributed by atoms with Crippen LogP contribution in [0.15, 0.2) is 48.7 Å². The molecule has 2 heterocycles. The van der Waals surface area contributed by atoms with Gasteiger partial charge < -0.3 is 5.32 Å². The summed E-state index contributed by atoms with van der Waals surface area (Å²) in [6.07, 6.45) is 1.85.